The normalized spacial score (nSPS) is 14.1. The number of hydrogen-bond acceptors (Lipinski definition) is 8. The first-order valence-corrected chi connectivity index (χ1v) is 22.6. The number of esters is 2. The molecule has 0 heterocycles. The van der Waals surface area contributed by atoms with Crippen molar-refractivity contribution in [1.82, 2.24) is 0 Å². The highest BCUT2D eigenvalue weighted by Crippen LogP contribution is 2.36. The van der Waals surface area contributed by atoms with Crippen LogP contribution < -0.4 is 0 Å². The number of unbranched alkanes of at least 4 members (excludes halogenated alkanes) is 16. The molecule has 0 aliphatic heterocycles. The van der Waals surface area contributed by atoms with Crippen LogP contribution in [0.3, 0.4) is 0 Å². The van der Waals surface area contributed by atoms with Gasteiger partial charge in [-0.1, -0.05) is 165 Å². The fourth-order valence-corrected chi connectivity index (χ4v) is 6.17. The van der Waals surface area contributed by atoms with Crippen LogP contribution in [0.25, 0.3) is 0 Å². The molecule has 314 valence electrons. The Morgan fingerprint density at radius 2 is 1.00 bits per heavy atom. The Bertz CT molecular complexity index is 1050. The van der Waals surface area contributed by atoms with Crippen LogP contribution in [0.5, 0.6) is 0 Å². The van der Waals surface area contributed by atoms with E-state index >= 15 is 0 Å². The molecule has 0 fully saturated rings. The number of allylic oxidation sites excluding steroid dienone is 7. The second-order valence-electron chi connectivity index (χ2n) is 14.3. The first-order chi connectivity index (χ1) is 26.1. The van der Waals surface area contributed by atoms with E-state index in [0.29, 0.717) is 6.42 Å². The largest absolute Gasteiger partial charge is 0.469 e. The van der Waals surface area contributed by atoms with Crippen LogP contribution in [-0.2, 0) is 28.2 Å². The molecule has 0 aromatic heterocycles. The summed E-state index contributed by atoms with van der Waals surface area (Å²) in [5, 5.41) is 20.6. The average molecular weight is 785 g/mol. The molecule has 11 heteroatoms. The highest BCUT2D eigenvalue weighted by Gasteiger charge is 2.23. The molecular weight excluding hydrogens is 707 g/mol. The summed E-state index contributed by atoms with van der Waals surface area (Å²) in [4.78, 5) is 42.9. The van der Waals surface area contributed by atoms with Gasteiger partial charge in [-0.3, -0.25) is 14.1 Å². The maximum Gasteiger partial charge on any atom is 0.469 e. The summed E-state index contributed by atoms with van der Waals surface area (Å²) in [6.45, 7) is 3.33. The number of hydrogen-bond donors (Lipinski definition) is 4. The van der Waals surface area contributed by atoms with E-state index in [1.807, 2.05) is 18.2 Å². The maximum atomic E-state index is 12.4. The summed E-state index contributed by atoms with van der Waals surface area (Å²) >= 11 is 0. The van der Waals surface area contributed by atoms with Gasteiger partial charge in [-0.25, -0.2) is 4.57 Å². The zero-order valence-corrected chi connectivity index (χ0v) is 34.7. The third kappa shape index (κ3) is 38.2. The van der Waals surface area contributed by atoms with Gasteiger partial charge >= 0.3 is 19.8 Å². The van der Waals surface area contributed by atoms with Crippen molar-refractivity contribution in [3.63, 3.8) is 0 Å². The van der Waals surface area contributed by atoms with Crippen LogP contribution in [0.2, 0.25) is 0 Å². The smallest absolute Gasteiger partial charge is 0.462 e. The van der Waals surface area contributed by atoms with Crippen LogP contribution in [-0.4, -0.2) is 63.5 Å². The molecule has 0 aliphatic carbocycles. The molecule has 0 aromatic rings. The third-order valence-electron chi connectivity index (χ3n) is 9.06. The van der Waals surface area contributed by atoms with E-state index in [1.165, 1.54) is 83.5 Å². The molecule has 0 amide bonds. The lowest BCUT2D eigenvalue weighted by Crippen LogP contribution is -2.30. The number of aliphatic hydroxyl groups excluding tert-OH is 2. The van der Waals surface area contributed by atoms with E-state index in [1.54, 1.807) is 0 Å². The molecule has 0 unspecified atom stereocenters. The highest BCUT2D eigenvalue weighted by molar-refractivity contribution is 7.46. The van der Waals surface area contributed by atoms with Gasteiger partial charge in [0.1, 0.15) is 6.61 Å². The zero-order valence-electron chi connectivity index (χ0n) is 33.8. The fraction of sp³-hybridized carbons (Fsp3) is 0.767. The number of phosphoric acid groups is 1. The maximum absolute atomic E-state index is 12.4. The van der Waals surface area contributed by atoms with Gasteiger partial charge < -0.3 is 29.5 Å². The summed E-state index contributed by atoms with van der Waals surface area (Å²) < 4.78 is 26.2. The van der Waals surface area contributed by atoms with E-state index in [2.05, 4.69) is 48.8 Å². The molecule has 0 saturated heterocycles. The quantitative estimate of drug-likeness (QED) is 0.0205. The molecule has 0 saturated carbocycles. The van der Waals surface area contributed by atoms with Gasteiger partial charge in [0.15, 0.2) is 6.10 Å². The Morgan fingerprint density at radius 1 is 0.556 bits per heavy atom. The Balaban J connectivity index is 4.15. The van der Waals surface area contributed by atoms with E-state index in [-0.39, 0.29) is 38.7 Å². The lowest BCUT2D eigenvalue weighted by molar-refractivity contribution is -0.161. The van der Waals surface area contributed by atoms with Gasteiger partial charge in [-0.15, -0.1) is 0 Å². The van der Waals surface area contributed by atoms with Crippen LogP contribution in [0, 0.1) is 0 Å². The Labute approximate surface area is 328 Å². The fourth-order valence-electron chi connectivity index (χ4n) is 5.81. The molecule has 3 atom stereocenters. The number of aliphatic hydroxyl groups is 2. The first kappa shape index (κ1) is 51.9. The standard InChI is InChI=1S/C43H77O10P/c1-3-5-7-9-11-13-15-17-18-19-20-21-23-25-27-29-31-35-42(46)51-37-39(38-52-54(48,49)50)53-43(47)36-32-34-41(45)40(44)33-30-28-26-24-22-16-14-12-10-8-6-4-2/h6,8,12,14,22,24,28,30,39-41,44-45H,3-5,7,9-11,13,15-21,23,25-27,29,31-38H2,1-2H3,(H2,48,49,50)/b8-6-,14-12-,24-22-,30-28-/t39-,40-,41-/m1/s1. The minimum absolute atomic E-state index is 0.104. The molecule has 0 aliphatic rings. The first-order valence-electron chi connectivity index (χ1n) is 21.1. The van der Waals surface area contributed by atoms with Gasteiger partial charge in [0, 0.05) is 12.8 Å². The SMILES string of the molecule is CC/C=C\C/C=C\C/C=C\C/C=C\C[C@@H](O)[C@H](O)CCCC(=O)O[C@H](COC(=O)CCCCCCCCCCCCCCCCCCC)COP(=O)(O)O. The highest BCUT2D eigenvalue weighted by atomic mass is 31.2. The van der Waals surface area contributed by atoms with Crippen molar-refractivity contribution < 1.29 is 48.2 Å². The van der Waals surface area contributed by atoms with E-state index in [0.717, 1.165) is 44.9 Å². The lowest BCUT2D eigenvalue weighted by atomic mass is 10.0. The summed E-state index contributed by atoms with van der Waals surface area (Å²) in [5.41, 5.74) is 0. The number of carbonyl (C=O) groups is 2. The molecule has 0 spiro atoms. The minimum atomic E-state index is -4.84. The Kier molecular flexibility index (Phi) is 36.4. The molecule has 4 N–H and O–H groups in total. The van der Waals surface area contributed by atoms with E-state index < -0.39 is 44.7 Å². The minimum Gasteiger partial charge on any atom is -0.462 e. The topological polar surface area (TPSA) is 160 Å². The van der Waals surface area contributed by atoms with Crippen LogP contribution in [0.4, 0.5) is 0 Å². The van der Waals surface area contributed by atoms with Crippen molar-refractivity contribution in [3.8, 4) is 0 Å². The second-order valence-corrected chi connectivity index (χ2v) is 15.5. The Morgan fingerprint density at radius 3 is 1.48 bits per heavy atom. The van der Waals surface area contributed by atoms with Crippen molar-refractivity contribution in [2.24, 2.45) is 0 Å². The van der Waals surface area contributed by atoms with Gasteiger partial charge in [-0.05, 0) is 51.4 Å². The van der Waals surface area contributed by atoms with Gasteiger partial charge in [0.25, 0.3) is 0 Å². The van der Waals surface area contributed by atoms with E-state index in [9.17, 15) is 24.4 Å². The van der Waals surface area contributed by atoms with Crippen molar-refractivity contribution in [2.45, 2.75) is 199 Å². The molecule has 54 heavy (non-hydrogen) atoms. The van der Waals surface area contributed by atoms with Crippen molar-refractivity contribution >= 4 is 19.8 Å². The summed E-state index contributed by atoms with van der Waals surface area (Å²) in [5.74, 6) is -1.17. The average Bonchev–Trinajstić information content (AvgIpc) is 3.13. The monoisotopic (exact) mass is 785 g/mol. The zero-order chi connectivity index (χ0) is 40.0. The molecular formula is C43H77O10P. The van der Waals surface area contributed by atoms with Gasteiger partial charge in [0.2, 0.25) is 0 Å². The lowest BCUT2D eigenvalue weighted by Gasteiger charge is -2.19. The summed E-state index contributed by atoms with van der Waals surface area (Å²) in [6.07, 6.45) is 38.6. The van der Waals surface area contributed by atoms with Crippen LogP contribution >= 0.6 is 7.82 Å². The second kappa shape index (κ2) is 37.8. The molecule has 0 bridgehead atoms. The predicted molar refractivity (Wildman–Crippen MR) is 219 cm³/mol. The molecule has 10 nitrogen and oxygen atoms in total. The summed E-state index contributed by atoms with van der Waals surface area (Å²) in [7, 11) is -4.84. The van der Waals surface area contributed by atoms with Crippen molar-refractivity contribution in [2.75, 3.05) is 13.2 Å². The number of ether oxygens (including phenoxy) is 2. The third-order valence-corrected chi connectivity index (χ3v) is 9.55. The Hall–Kier alpha value is -2.07. The van der Waals surface area contributed by atoms with Gasteiger partial charge in [-0.2, -0.15) is 0 Å². The van der Waals surface area contributed by atoms with Crippen molar-refractivity contribution in [1.29, 1.82) is 0 Å². The predicted octanol–water partition coefficient (Wildman–Crippen LogP) is 10.7. The number of carbonyl (C=O) groups excluding carboxylic acids is 2. The molecule has 0 radical (unpaired) electrons. The molecule has 0 aromatic carbocycles. The number of phosphoric ester groups is 1. The molecule has 0 rings (SSSR count). The summed E-state index contributed by atoms with van der Waals surface area (Å²) in [6, 6.07) is 0. The number of rotatable bonds is 38. The van der Waals surface area contributed by atoms with Gasteiger partial charge in [0.05, 0.1) is 18.8 Å². The van der Waals surface area contributed by atoms with Crippen LogP contribution in [0.1, 0.15) is 181 Å². The van der Waals surface area contributed by atoms with Crippen molar-refractivity contribution in [3.05, 3.63) is 48.6 Å². The van der Waals surface area contributed by atoms with Crippen LogP contribution in [0.15, 0.2) is 48.6 Å². The van der Waals surface area contributed by atoms with E-state index in [4.69, 9.17) is 19.3 Å².